The lowest BCUT2D eigenvalue weighted by Crippen LogP contribution is -2.11. The molecule has 1 aromatic rings. The Balaban J connectivity index is 2.15. The third-order valence-electron chi connectivity index (χ3n) is 3.66. The Morgan fingerprint density at radius 2 is 1.65 bits per heavy atom. The van der Waals surface area contributed by atoms with Gasteiger partial charge in [-0.3, -0.25) is 0 Å². The fourth-order valence-electron chi connectivity index (χ4n) is 2.37. The Morgan fingerprint density at radius 3 is 2.40 bits per heavy atom. The fourth-order valence-corrected chi connectivity index (χ4v) is 2.37. The van der Waals surface area contributed by atoms with E-state index in [4.69, 9.17) is 4.74 Å². The molecule has 0 atom stereocenters. The van der Waals surface area contributed by atoms with Gasteiger partial charge in [-0.2, -0.15) is 0 Å². The van der Waals surface area contributed by atoms with Crippen LogP contribution in [0.15, 0.2) is 24.3 Å². The van der Waals surface area contributed by atoms with Crippen molar-refractivity contribution in [2.75, 3.05) is 20.2 Å². The molecular formula is C18H31NO. The van der Waals surface area contributed by atoms with E-state index in [-0.39, 0.29) is 0 Å². The summed E-state index contributed by atoms with van der Waals surface area (Å²) in [5, 5.41) is 3.20. The zero-order valence-electron chi connectivity index (χ0n) is 13.3. The maximum absolute atomic E-state index is 5.83. The van der Waals surface area contributed by atoms with Gasteiger partial charge in [0.05, 0.1) is 6.61 Å². The molecule has 0 aliphatic heterocycles. The minimum atomic E-state index is 0.759. The van der Waals surface area contributed by atoms with Crippen molar-refractivity contribution in [3.63, 3.8) is 0 Å². The number of ether oxygens (including phenoxy) is 1. The molecule has 2 heteroatoms. The summed E-state index contributed by atoms with van der Waals surface area (Å²) in [5.74, 6) is 0. The van der Waals surface area contributed by atoms with E-state index in [0.717, 1.165) is 26.2 Å². The molecule has 2 nitrogen and oxygen atoms in total. The van der Waals surface area contributed by atoms with Gasteiger partial charge in [0.1, 0.15) is 0 Å². The summed E-state index contributed by atoms with van der Waals surface area (Å²) < 4.78 is 5.83. The lowest BCUT2D eigenvalue weighted by Gasteiger charge is -2.10. The molecule has 20 heavy (non-hydrogen) atoms. The minimum Gasteiger partial charge on any atom is -0.377 e. The summed E-state index contributed by atoms with van der Waals surface area (Å²) in [7, 11) is 2.00. The van der Waals surface area contributed by atoms with Crippen LogP contribution in [-0.2, 0) is 17.8 Å². The van der Waals surface area contributed by atoms with Gasteiger partial charge in [0.25, 0.3) is 0 Å². The Hall–Kier alpha value is -0.860. The van der Waals surface area contributed by atoms with E-state index in [1.54, 1.807) is 0 Å². The topological polar surface area (TPSA) is 21.3 Å². The van der Waals surface area contributed by atoms with Gasteiger partial charge >= 0.3 is 0 Å². The van der Waals surface area contributed by atoms with Crippen LogP contribution in [-0.4, -0.2) is 20.2 Å². The highest BCUT2D eigenvalue weighted by atomic mass is 16.5. The Kier molecular flexibility index (Phi) is 10.3. The van der Waals surface area contributed by atoms with E-state index < -0.39 is 0 Å². The van der Waals surface area contributed by atoms with E-state index in [0.29, 0.717) is 0 Å². The molecule has 0 aromatic heterocycles. The molecule has 0 saturated heterocycles. The number of nitrogens with one attached hydrogen (secondary N) is 1. The van der Waals surface area contributed by atoms with Crippen LogP contribution in [0.3, 0.4) is 0 Å². The highest BCUT2D eigenvalue weighted by Gasteiger charge is 2.01. The van der Waals surface area contributed by atoms with Crippen molar-refractivity contribution in [2.45, 2.75) is 58.5 Å². The first-order valence-electron chi connectivity index (χ1n) is 8.17. The van der Waals surface area contributed by atoms with Gasteiger partial charge in [-0.15, -0.1) is 0 Å². The first-order valence-corrected chi connectivity index (χ1v) is 8.17. The quantitative estimate of drug-likeness (QED) is 0.574. The lowest BCUT2D eigenvalue weighted by molar-refractivity contribution is 0.116. The van der Waals surface area contributed by atoms with Gasteiger partial charge in [-0.25, -0.2) is 0 Å². The van der Waals surface area contributed by atoms with Crippen molar-refractivity contribution in [2.24, 2.45) is 0 Å². The summed E-state index contributed by atoms with van der Waals surface area (Å²) in [6.07, 6.45) is 9.01. The number of hydrogen-bond donors (Lipinski definition) is 1. The van der Waals surface area contributed by atoms with Crippen LogP contribution in [0.1, 0.15) is 56.6 Å². The molecule has 1 aromatic carbocycles. The zero-order valence-corrected chi connectivity index (χ0v) is 13.3. The summed E-state index contributed by atoms with van der Waals surface area (Å²) in [6, 6.07) is 8.61. The van der Waals surface area contributed by atoms with Crippen LogP contribution in [0.2, 0.25) is 0 Å². The number of hydrogen-bond acceptors (Lipinski definition) is 2. The highest BCUT2D eigenvalue weighted by molar-refractivity contribution is 5.26. The van der Waals surface area contributed by atoms with Crippen molar-refractivity contribution in [3.8, 4) is 0 Å². The monoisotopic (exact) mass is 277 g/mol. The number of benzene rings is 1. The molecule has 0 heterocycles. The van der Waals surface area contributed by atoms with Gasteiger partial charge in [0.15, 0.2) is 0 Å². The van der Waals surface area contributed by atoms with E-state index in [2.05, 4.69) is 36.5 Å². The lowest BCUT2D eigenvalue weighted by atomic mass is 10.1. The largest absolute Gasteiger partial charge is 0.377 e. The molecule has 0 spiro atoms. The van der Waals surface area contributed by atoms with Gasteiger partial charge in [0, 0.05) is 6.61 Å². The second kappa shape index (κ2) is 11.9. The third kappa shape index (κ3) is 7.66. The van der Waals surface area contributed by atoms with Crippen molar-refractivity contribution in [3.05, 3.63) is 35.4 Å². The van der Waals surface area contributed by atoms with E-state index in [1.807, 2.05) is 7.05 Å². The third-order valence-corrected chi connectivity index (χ3v) is 3.66. The van der Waals surface area contributed by atoms with Crippen molar-refractivity contribution < 1.29 is 4.74 Å². The van der Waals surface area contributed by atoms with Crippen LogP contribution < -0.4 is 5.32 Å². The molecule has 0 unspecified atom stereocenters. The van der Waals surface area contributed by atoms with Crippen molar-refractivity contribution >= 4 is 0 Å². The standard InChI is InChI=1S/C18H31NO/c1-3-4-5-6-7-10-15-20-16-18-12-9-8-11-17(18)13-14-19-2/h8-9,11-12,19H,3-7,10,13-16H2,1-2H3. The second-order valence-corrected chi connectivity index (χ2v) is 5.44. The van der Waals surface area contributed by atoms with Gasteiger partial charge in [-0.05, 0) is 37.6 Å². The highest BCUT2D eigenvalue weighted by Crippen LogP contribution is 2.11. The number of unbranched alkanes of at least 4 members (excludes halogenated alkanes) is 5. The van der Waals surface area contributed by atoms with E-state index in [1.165, 1.54) is 49.7 Å². The number of rotatable bonds is 12. The van der Waals surface area contributed by atoms with Crippen LogP contribution in [0.4, 0.5) is 0 Å². The molecular weight excluding hydrogens is 246 g/mol. The number of likely N-dealkylation sites (N-methyl/N-ethyl adjacent to an activating group) is 1. The van der Waals surface area contributed by atoms with Crippen molar-refractivity contribution in [1.82, 2.24) is 5.32 Å². The zero-order chi connectivity index (χ0) is 14.5. The summed E-state index contributed by atoms with van der Waals surface area (Å²) in [4.78, 5) is 0. The first kappa shape index (κ1) is 17.2. The fraction of sp³-hybridized carbons (Fsp3) is 0.667. The van der Waals surface area contributed by atoms with E-state index >= 15 is 0 Å². The Morgan fingerprint density at radius 1 is 0.950 bits per heavy atom. The smallest absolute Gasteiger partial charge is 0.0719 e. The van der Waals surface area contributed by atoms with Crippen molar-refractivity contribution in [1.29, 1.82) is 0 Å². The normalized spacial score (nSPS) is 10.9. The minimum absolute atomic E-state index is 0.759. The summed E-state index contributed by atoms with van der Waals surface area (Å²) in [6.45, 7) is 4.93. The molecule has 0 aliphatic rings. The predicted molar refractivity (Wildman–Crippen MR) is 87.1 cm³/mol. The van der Waals surface area contributed by atoms with Gasteiger partial charge in [-0.1, -0.05) is 63.3 Å². The molecule has 0 amide bonds. The van der Waals surface area contributed by atoms with E-state index in [9.17, 15) is 0 Å². The predicted octanol–water partition coefficient (Wildman–Crippen LogP) is 4.33. The molecule has 114 valence electrons. The van der Waals surface area contributed by atoms with Crippen LogP contribution >= 0.6 is 0 Å². The molecule has 1 N–H and O–H groups in total. The summed E-state index contributed by atoms with van der Waals surface area (Å²) >= 11 is 0. The summed E-state index contributed by atoms with van der Waals surface area (Å²) in [5.41, 5.74) is 2.75. The Labute approximate surface area is 124 Å². The van der Waals surface area contributed by atoms with Gasteiger partial charge < -0.3 is 10.1 Å². The molecule has 0 saturated carbocycles. The molecule has 0 bridgehead atoms. The van der Waals surface area contributed by atoms with Crippen LogP contribution in [0.5, 0.6) is 0 Å². The molecule has 0 aliphatic carbocycles. The SMILES string of the molecule is CCCCCCCCOCc1ccccc1CCNC. The second-order valence-electron chi connectivity index (χ2n) is 5.44. The average molecular weight is 277 g/mol. The molecule has 0 radical (unpaired) electrons. The van der Waals surface area contributed by atoms with Crippen LogP contribution in [0, 0.1) is 0 Å². The maximum Gasteiger partial charge on any atom is 0.0719 e. The van der Waals surface area contributed by atoms with Crippen LogP contribution in [0.25, 0.3) is 0 Å². The molecule has 1 rings (SSSR count). The average Bonchev–Trinajstić information content (AvgIpc) is 2.49. The maximum atomic E-state index is 5.83. The molecule has 0 fully saturated rings. The first-order chi connectivity index (χ1) is 9.88. The Bertz CT molecular complexity index is 338. The van der Waals surface area contributed by atoms with Gasteiger partial charge in [0.2, 0.25) is 0 Å².